The average molecular weight is 318 g/mol. The summed E-state index contributed by atoms with van der Waals surface area (Å²) in [5, 5.41) is 16.5. The molecule has 9 heteroatoms. The Labute approximate surface area is 130 Å². The van der Waals surface area contributed by atoms with Crippen LogP contribution in [0.2, 0.25) is 0 Å². The van der Waals surface area contributed by atoms with Crippen molar-refractivity contribution in [2.45, 2.75) is 17.8 Å². The highest BCUT2D eigenvalue weighted by molar-refractivity contribution is 7.98. The molecule has 1 aromatic carbocycles. The van der Waals surface area contributed by atoms with Gasteiger partial charge in [0.25, 0.3) is 0 Å². The van der Waals surface area contributed by atoms with Crippen molar-refractivity contribution in [2.24, 2.45) is 0 Å². The van der Waals surface area contributed by atoms with Gasteiger partial charge in [0.2, 0.25) is 16.9 Å². The maximum absolute atomic E-state index is 6.05. The van der Waals surface area contributed by atoms with E-state index in [4.69, 9.17) is 15.0 Å². The molecule has 2 N–H and O–H groups in total. The molecule has 114 valence electrons. The van der Waals surface area contributed by atoms with Crippen LogP contribution in [0, 0.1) is 6.92 Å². The largest absolute Gasteiger partial charge is 0.497 e. The number of nitrogen functional groups attached to an aromatic ring is 1. The number of methoxy groups -OCH3 is 1. The number of nitrogens with two attached hydrogens (primary N) is 1. The molecule has 0 unspecified atom stereocenters. The molecule has 22 heavy (non-hydrogen) atoms. The molecular formula is C13H14N6O2S. The van der Waals surface area contributed by atoms with Crippen LogP contribution in [0.4, 0.5) is 0 Å². The molecule has 0 atom stereocenters. The van der Waals surface area contributed by atoms with E-state index in [1.165, 1.54) is 16.4 Å². The summed E-state index contributed by atoms with van der Waals surface area (Å²) in [5.74, 6) is 8.94. The minimum absolute atomic E-state index is 0.485. The predicted molar refractivity (Wildman–Crippen MR) is 80.8 cm³/mol. The third-order valence-electron chi connectivity index (χ3n) is 2.91. The van der Waals surface area contributed by atoms with E-state index in [9.17, 15) is 0 Å². The van der Waals surface area contributed by atoms with Crippen LogP contribution < -0.4 is 10.6 Å². The molecule has 0 radical (unpaired) electrons. The van der Waals surface area contributed by atoms with Gasteiger partial charge in [-0.3, -0.25) is 0 Å². The van der Waals surface area contributed by atoms with Crippen LogP contribution in [-0.2, 0) is 5.75 Å². The van der Waals surface area contributed by atoms with Crippen molar-refractivity contribution in [1.29, 1.82) is 0 Å². The molecular weight excluding hydrogens is 304 g/mol. The van der Waals surface area contributed by atoms with E-state index in [-0.39, 0.29) is 0 Å². The van der Waals surface area contributed by atoms with Gasteiger partial charge in [0.15, 0.2) is 5.82 Å². The summed E-state index contributed by atoms with van der Waals surface area (Å²) in [6.07, 6.45) is 0. The highest BCUT2D eigenvalue weighted by Gasteiger charge is 2.13. The van der Waals surface area contributed by atoms with Crippen molar-refractivity contribution in [3.05, 3.63) is 36.0 Å². The molecule has 2 heterocycles. The number of aromatic nitrogens is 5. The molecule has 3 aromatic rings. The molecule has 0 saturated carbocycles. The first-order chi connectivity index (χ1) is 10.7. The number of hydrogen-bond donors (Lipinski definition) is 1. The number of aryl methyl sites for hydroxylation is 1. The monoisotopic (exact) mass is 318 g/mol. The molecule has 0 spiro atoms. The number of benzene rings is 1. The van der Waals surface area contributed by atoms with E-state index in [0.29, 0.717) is 28.5 Å². The predicted octanol–water partition coefficient (Wildman–Crippen LogP) is 1.65. The van der Waals surface area contributed by atoms with Gasteiger partial charge in [0, 0.05) is 12.5 Å². The Morgan fingerprint density at radius 3 is 2.59 bits per heavy atom. The molecule has 3 rings (SSSR count). The zero-order valence-corrected chi connectivity index (χ0v) is 12.9. The van der Waals surface area contributed by atoms with Crippen molar-refractivity contribution < 1.29 is 9.15 Å². The first kappa shape index (κ1) is 14.4. The summed E-state index contributed by atoms with van der Waals surface area (Å²) in [4.78, 5) is 0. The quantitative estimate of drug-likeness (QED) is 0.559. The fourth-order valence-corrected chi connectivity index (χ4v) is 2.53. The van der Waals surface area contributed by atoms with Gasteiger partial charge >= 0.3 is 0 Å². The summed E-state index contributed by atoms with van der Waals surface area (Å²) in [5.41, 5.74) is 0.858. The smallest absolute Gasteiger partial charge is 0.226 e. The van der Waals surface area contributed by atoms with E-state index in [1.54, 1.807) is 14.0 Å². The molecule has 0 saturated heterocycles. The lowest BCUT2D eigenvalue weighted by atomic mass is 10.2. The van der Waals surface area contributed by atoms with Crippen molar-refractivity contribution in [2.75, 3.05) is 13.0 Å². The lowest BCUT2D eigenvalue weighted by Crippen LogP contribution is -2.11. The average Bonchev–Trinajstić information content (AvgIpc) is 3.11. The molecule has 0 bridgehead atoms. The summed E-state index contributed by atoms with van der Waals surface area (Å²) in [6.45, 7) is 1.74. The van der Waals surface area contributed by atoms with E-state index in [0.717, 1.165) is 11.3 Å². The Bertz CT molecular complexity index is 767. The molecule has 0 amide bonds. The summed E-state index contributed by atoms with van der Waals surface area (Å²) in [6, 6.07) is 7.44. The van der Waals surface area contributed by atoms with Crippen LogP contribution >= 0.6 is 11.8 Å². The lowest BCUT2D eigenvalue weighted by Gasteiger charge is -2.04. The van der Waals surface area contributed by atoms with E-state index >= 15 is 0 Å². The van der Waals surface area contributed by atoms with Gasteiger partial charge < -0.3 is 15.0 Å². The minimum Gasteiger partial charge on any atom is -0.497 e. The van der Waals surface area contributed by atoms with Crippen LogP contribution in [-0.4, -0.2) is 32.2 Å². The summed E-state index contributed by atoms with van der Waals surface area (Å²) >= 11 is 1.38. The maximum atomic E-state index is 6.05. The molecule has 0 fully saturated rings. The van der Waals surface area contributed by atoms with Crippen LogP contribution in [0.25, 0.3) is 11.4 Å². The normalized spacial score (nSPS) is 10.8. The Balaban J connectivity index is 1.76. The standard InChI is InChI=1S/C13H14N6O2S/c1-8-15-16-11(21-8)7-22-13-18-17-12(19(13)14)9-3-5-10(20-2)6-4-9/h3-6H,7,14H2,1-2H3. The highest BCUT2D eigenvalue weighted by atomic mass is 32.2. The number of nitrogens with zero attached hydrogens (tertiary/aromatic N) is 5. The van der Waals surface area contributed by atoms with Gasteiger partial charge in [-0.1, -0.05) is 11.8 Å². The Morgan fingerprint density at radius 2 is 1.95 bits per heavy atom. The van der Waals surface area contributed by atoms with Crippen LogP contribution in [0.3, 0.4) is 0 Å². The first-order valence-corrected chi connectivity index (χ1v) is 7.42. The number of rotatable bonds is 5. The zero-order valence-electron chi connectivity index (χ0n) is 12.1. The summed E-state index contributed by atoms with van der Waals surface area (Å²) < 4.78 is 11.9. The molecule has 0 aliphatic carbocycles. The molecule has 0 aliphatic rings. The van der Waals surface area contributed by atoms with Gasteiger partial charge in [-0.25, -0.2) is 4.68 Å². The van der Waals surface area contributed by atoms with Crippen molar-refractivity contribution >= 4 is 11.8 Å². The van der Waals surface area contributed by atoms with Gasteiger partial charge in [-0.2, -0.15) is 0 Å². The van der Waals surface area contributed by atoms with Gasteiger partial charge in [-0.05, 0) is 24.3 Å². The molecule has 2 aromatic heterocycles. The van der Waals surface area contributed by atoms with Gasteiger partial charge in [0.05, 0.1) is 12.9 Å². The van der Waals surface area contributed by atoms with Crippen LogP contribution in [0.15, 0.2) is 33.8 Å². The maximum Gasteiger partial charge on any atom is 0.226 e. The van der Waals surface area contributed by atoms with Crippen molar-refractivity contribution in [3.63, 3.8) is 0 Å². The van der Waals surface area contributed by atoms with E-state index in [1.807, 2.05) is 24.3 Å². The third kappa shape index (κ3) is 2.89. The second-order valence-corrected chi connectivity index (χ2v) is 5.35. The second-order valence-electron chi connectivity index (χ2n) is 4.41. The number of hydrogen-bond acceptors (Lipinski definition) is 8. The zero-order chi connectivity index (χ0) is 15.5. The fourth-order valence-electron chi connectivity index (χ4n) is 1.83. The van der Waals surface area contributed by atoms with Crippen molar-refractivity contribution in [3.8, 4) is 17.1 Å². The fraction of sp³-hybridized carbons (Fsp3) is 0.231. The molecule has 0 aliphatic heterocycles. The van der Waals surface area contributed by atoms with Crippen molar-refractivity contribution in [1.82, 2.24) is 25.1 Å². The highest BCUT2D eigenvalue weighted by Crippen LogP contribution is 2.25. The Morgan fingerprint density at radius 1 is 1.18 bits per heavy atom. The molecule has 8 nitrogen and oxygen atoms in total. The lowest BCUT2D eigenvalue weighted by molar-refractivity contribution is 0.415. The third-order valence-corrected chi connectivity index (χ3v) is 3.83. The topological polar surface area (TPSA) is 105 Å². The van der Waals surface area contributed by atoms with E-state index in [2.05, 4.69) is 20.4 Å². The summed E-state index contributed by atoms with van der Waals surface area (Å²) in [7, 11) is 1.62. The van der Waals surface area contributed by atoms with Gasteiger partial charge in [-0.15, -0.1) is 20.4 Å². The minimum atomic E-state index is 0.485. The Hall–Kier alpha value is -2.55. The van der Waals surface area contributed by atoms with Crippen LogP contribution in [0.1, 0.15) is 11.8 Å². The Kier molecular flexibility index (Phi) is 3.96. The van der Waals surface area contributed by atoms with Gasteiger partial charge in [0.1, 0.15) is 5.75 Å². The number of ether oxygens (including phenoxy) is 1. The second kappa shape index (κ2) is 6.06. The number of thioether (sulfide) groups is 1. The SMILES string of the molecule is COc1ccc(-c2nnc(SCc3nnc(C)o3)n2N)cc1. The van der Waals surface area contributed by atoms with Crippen LogP contribution in [0.5, 0.6) is 5.75 Å². The first-order valence-electron chi connectivity index (χ1n) is 6.44. The van der Waals surface area contributed by atoms with E-state index < -0.39 is 0 Å².